The van der Waals surface area contributed by atoms with E-state index in [0.717, 1.165) is 29.7 Å². The van der Waals surface area contributed by atoms with Gasteiger partial charge in [-0.25, -0.2) is 8.78 Å². The molecule has 0 radical (unpaired) electrons. The molecule has 4 rings (SSSR count). The summed E-state index contributed by atoms with van der Waals surface area (Å²) in [6.07, 6.45) is 3.02. The van der Waals surface area contributed by atoms with Gasteiger partial charge in [0.2, 0.25) is 5.91 Å². The van der Waals surface area contributed by atoms with Crippen molar-refractivity contribution in [3.8, 4) is 0 Å². The fourth-order valence-corrected chi connectivity index (χ4v) is 4.13. The second kappa shape index (κ2) is 8.09. The smallest absolute Gasteiger partial charge is 0.223 e. The van der Waals surface area contributed by atoms with Gasteiger partial charge in [-0.15, -0.1) is 0 Å². The average Bonchev–Trinajstić information content (AvgIpc) is 3.27. The van der Waals surface area contributed by atoms with Crippen LogP contribution < -0.4 is 0 Å². The van der Waals surface area contributed by atoms with E-state index in [1.165, 1.54) is 6.42 Å². The van der Waals surface area contributed by atoms with E-state index in [4.69, 9.17) is 4.42 Å². The van der Waals surface area contributed by atoms with E-state index in [1.807, 2.05) is 12.1 Å². The maximum Gasteiger partial charge on any atom is 0.223 e. The number of nitrogens with zero attached hydrogens (tertiary/aromatic N) is 1. The molecule has 154 valence electrons. The Labute approximate surface area is 168 Å². The van der Waals surface area contributed by atoms with Crippen molar-refractivity contribution in [3.63, 3.8) is 0 Å². The van der Waals surface area contributed by atoms with E-state index < -0.39 is 11.6 Å². The number of amides is 1. The highest BCUT2D eigenvalue weighted by atomic mass is 19.1. The van der Waals surface area contributed by atoms with Gasteiger partial charge in [0.1, 0.15) is 23.2 Å². The first-order valence-electron chi connectivity index (χ1n) is 10.3. The minimum atomic E-state index is -0.701. The Morgan fingerprint density at radius 1 is 1.14 bits per heavy atom. The number of Topliss-reactive ketones (excluding diaryl/α,β-unsaturated/α-hetero) is 1. The number of rotatable bonds is 6. The van der Waals surface area contributed by atoms with Crippen LogP contribution >= 0.6 is 0 Å². The summed E-state index contributed by atoms with van der Waals surface area (Å²) in [6.45, 7) is 3.11. The summed E-state index contributed by atoms with van der Waals surface area (Å²) >= 11 is 0. The SMILES string of the molecule is C[C@@H]1C[C@H]1c1ccc(CCC(=O)N2CCC(C(=O)c3cc(F)ccc3F)CC2)o1. The van der Waals surface area contributed by atoms with Crippen LogP contribution in [0.5, 0.6) is 0 Å². The number of carbonyl (C=O) groups excluding carboxylic acids is 2. The summed E-state index contributed by atoms with van der Waals surface area (Å²) in [4.78, 5) is 26.8. The van der Waals surface area contributed by atoms with Gasteiger partial charge in [0.15, 0.2) is 5.78 Å². The van der Waals surface area contributed by atoms with Crippen molar-refractivity contribution < 1.29 is 22.8 Å². The van der Waals surface area contributed by atoms with Gasteiger partial charge in [-0.1, -0.05) is 6.92 Å². The Morgan fingerprint density at radius 3 is 2.55 bits per heavy atom. The largest absolute Gasteiger partial charge is 0.466 e. The first kappa shape index (κ1) is 19.8. The van der Waals surface area contributed by atoms with Gasteiger partial charge in [0, 0.05) is 37.8 Å². The first-order chi connectivity index (χ1) is 13.9. The Hall–Kier alpha value is -2.50. The summed E-state index contributed by atoms with van der Waals surface area (Å²) in [5.41, 5.74) is -0.201. The summed E-state index contributed by atoms with van der Waals surface area (Å²) in [7, 11) is 0. The summed E-state index contributed by atoms with van der Waals surface area (Å²) < 4.78 is 33.1. The predicted octanol–water partition coefficient (Wildman–Crippen LogP) is 4.74. The zero-order valence-corrected chi connectivity index (χ0v) is 16.5. The molecule has 2 heterocycles. The average molecular weight is 401 g/mol. The lowest BCUT2D eigenvalue weighted by Crippen LogP contribution is -2.40. The highest BCUT2D eigenvalue weighted by Crippen LogP contribution is 2.47. The second-order valence-corrected chi connectivity index (χ2v) is 8.27. The molecule has 0 unspecified atom stereocenters. The van der Waals surface area contributed by atoms with E-state index in [0.29, 0.717) is 50.6 Å². The summed E-state index contributed by atoms with van der Waals surface area (Å²) in [6, 6.07) is 6.89. The van der Waals surface area contributed by atoms with Gasteiger partial charge >= 0.3 is 0 Å². The lowest BCUT2D eigenvalue weighted by atomic mass is 9.88. The van der Waals surface area contributed by atoms with Gasteiger partial charge in [-0.2, -0.15) is 0 Å². The van der Waals surface area contributed by atoms with Crippen LogP contribution in [0.4, 0.5) is 8.78 Å². The van der Waals surface area contributed by atoms with Gasteiger partial charge < -0.3 is 9.32 Å². The molecule has 0 spiro atoms. The highest BCUT2D eigenvalue weighted by Gasteiger charge is 2.36. The van der Waals surface area contributed by atoms with Crippen LogP contribution in [-0.4, -0.2) is 29.7 Å². The number of furan rings is 1. The van der Waals surface area contributed by atoms with Gasteiger partial charge in [0.25, 0.3) is 0 Å². The van der Waals surface area contributed by atoms with Gasteiger partial charge in [-0.3, -0.25) is 9.59 Å². The molecule has 1 saturated heterocycles. The third kappa shape index (κ3) is 4.41. The van der Waals surface area contributed by atoms with E-state index in [2.05, 4.69) is 6.92 Å². The number of ketones is 1. The lowest BCUT2D eigenvalue weighted by Gasteiger charge is -2.31. The third-order valence-corrected chi connectivity index (χ3v) is 6.15. The topological polar surface area (TPSA) is 50.5 Å². The molecule has 1 aliphatic heterocycles. The van der Waals surface area contributed by atoms with Crippen LogP contribution in [0.1, 0.15) is 60.4 Å². The maximum atomic E-state index is 13.9. The number of aryl methyl sites for hydroxylation is 1. The monoisotopic (exact) mass is 401 g/mol. The maximum absolute atomic E-state index is 13.9. The molecule has 29 heavy (non-hydrogen) atoms. The van der Waals surface area contributed by atoms with Crippen molar-refractivity contribution in [2.45, 2.75) is 44.9 Å². The highest BCUT2D eigenvalue weighted by molar-refractivity contribution is 5.98. The number of hydrogen-bond donors (Lipinski definition) is 0. The van der Waals surface area contributed by atoms with Crippen molar-refractivity contribution in [1.82, 2.24) is 4.90 Å². The van der Waals surface area contributed by atoms with Crippen molar-refractivity contribution in [1.29, 1.82) is 0 Å². The van der Waals surface area contributed by atoms with Crippen LogP contribution in [0.15, 0.2) is 34.7 Å². The molecule has 1 saturated carbocycles. The molecule has 4 nitrogen and oxygen atoms in total. The number of likely N-dealkylation sites (tertiary alicyclic amines) is 1. The molecule has 2 atom stereocenters. The first-order valence-corrected chi connectivity index (χ1v) is 10.3. The molecular formula is C23H25F2NO3. The van der Waals surface area contributed by atoms with Gasteiger partial charge in [0.05, 0.1) is 5.56 Å². The zero-order chi connectivity index (χ0) is 20.5. The fraction of sp³-hybridized carbons (Fsp3) is 0.478. The molecule has 1 aliphatic carbocycles. The second-order valence-electron chi connectivity index (χ2n) is 8.27. The van der Waals surface area contributed by atoms with Crippen molar-refractivity contribution in [3.05, 3.63) is 59.1 Å². The number of halogens is 2. The van der Waals surface area contributed by atoms with Crippen LogP contribution in [0.25, 0.3) is 0 Å². The Bertz CT molecular complexity index is 915. The molecule has 0 bridgehead atoms. The molecule has 6 heteroatoms. The zero-order valence-electron chi connectivity index (χ0n) is 16.5. The number of carbonyl (C=O) groups is 2. The van der Waals surface area contributed by atoms with E-state index in [1.54, 1.807) is 4.90 Å². The molecule has 1 aromatic heterocycles. The molecule has 1 amide bonds. The quantitative estimate of drug-likeness (QED) is 0.657. The number of hydrogen-bond acceptors (Lipinski definition) is 3. The van der Waals surface area contributed by atoms with Crippen LogP contribution in [-0.2, 0) is 11.2 Å². The third-order valence-electron chi connectivity index (χ3n) is 6.15. The molecular weight excluding hydrogens is 376 g/mol. The number of benzene rings is 1. The molecule has 1 aromatic carbocycles. The van der Waals surface area contributed by atoms with E-state index in [9.17, 15) is 18.4 Å². The summed E-state index contributed by atoms with van der Waals surface area (Å²) in [5, 5.41) is 0. The Balaban J connectivity index is 1.26. The number of piperidine rings is 1. The van der Waals surface area contributed by atoms with Crippen molar-refractivity contribution in [2.75, 3.05) is 13.1 Å². The molecule has 2 aromatic rings. The van der Waals surface area contributed by atoms with Crippen LogP contribution in [0.3, 0.4) is 0 Å². The van der Waals surface area contributed by atoms with E-state index in [-0.39, 0.29) is 23.2 Å². The molecule has 0 N–H and O–H groups in total. The van der Waals surface area contributed by atoms with Crippen LogP contribution in [0.2, 0.25) is 0 Å². The van der Waals surface area contributed by atoms with Crippen LogP contribution in [0, 0.1) is 23.5 Å². The van der Waals surface area contributed by atoms with E-state index >= 15 is 0 Å². The van der Waals surface area contributed by atoms with Crippen molar-refractivity contribution >= 4 is 11.7 Å². The summed E-state index contributed by atoms with van der Waals surface area (Å²) in [5.74, 6) is 0.996. The molecule has 2 fully saturated rings. The van der Waals surface area contributed by atoms with Crippen molar-refractivity contribution in [2.24, 2.45) is 11.8 Å². The molecule has 2 aliphatic rings. The Kier molecular flexibility index (Phi) is 5.52. The minimum Gasteiger partial charge on any atom is -0.466 e. The minimum absolute atomic E-state index is 0.0329. The predicted molar refractivity (Wildman–Crippen MR) is 104 cm³/mol. The normalized spacial score (nSPS) is 22.0. The standard InChI is InChI=1S/C23H25F2NO3/c1-14-12-18(14)21-6-3-17(29-21)4-7-22(27)26-10-8-15(9-11-26)23(28)19-13-16(24)2-5-20(19)25/h2-3,5-6,13-15,18H,4,7-12H2,1H3/t14-,18-/m1/s1. The fourth-order valence-electron chi connectivity index (χ4n) is 4.13. The lowest BCUT2D eigenvalue weighted by molar-refractivity contribution is -0.132. The Morgan fingerprint density at radius 2 is 1.86 bits per heavy atom. The van der Waals surface area contributed by atoms with Gasteiger partial charge in [-0.05, 0) is 55.5 Å².